The van der Waals surface area contributed by atoms with E-state index in [0.29, 0.717) is 16.1 Å². The van der Waals surface area contributed by atoms with Crippen molar-refractivity contribution in [1.82, 2.24) is 15.0 Å². The second-order valence-corrected chi connectivity index (χ2v) is 5.31. The van der Waals surface area contributed by atoms with Crippen molar-refractivity contribution in [2.45, 2.75) is 0 Å². The van der Waals surface area contributed by atoms with Crippen LogP contribution in [0.4, 0.5) is 0 Å². The first-order chi connectivity index (χ1) is 10.8. The lowest BCUT2D eigenvalue weighted by Gasteiger charge is -1.99. The number of pyridine rings is 1. The zero-order chi connectivity index (χ0) is 15.1. The Balaban J connectivity index is 1.95. The van der Waals surface area contributed by atoms with E-state index in [0.717, 1.165) is 27.8 Å². The van der Waals surface area contributed by atoms with Crippen molar-refractivity contribution in [2.24, 2.45) is 0 Å². The standard InChI is InChI=1S/C17H9ClN4/c18-14-15-12(2-1-7-20-15)8-13-16(14)22-17(21-13)11-5-3-10(9-19)4-6-11/h1-8H,(H,21,22). The van der Waals surface area contributed by atoms with E-state index < -0.39 is 0 Å². The summed E-state index contributed by atoms with van der Waals surface area (Å²) in [6, 6.07) is 15.2. The maximum absolute atomic E-state index is 8.86. The van der Waals surface area contributed by atoms with Gasteiger partial charge < -0.3 is 4.98 Å². The van der Waals surface area contributed by atoms with Crippen LogP contribution in [0.5, 0.6) is 0 Å². The van der Waals surface area contributed by atoms with Gasteiger partial charge in [-0.15, -0.1) is 0 Å². The second kappa shape index (κ2) is 4.83. The molecule has 0 atom stereocenters. The minimum Gasteiger partial charge on any atom is -0.338 e. The lowest BCUT2D eigenvalue weighted by atomic mass is 10.1. The highest BCUT2D eigenvalue weighted by Crippen LogP contribution is 2.31. The van der Waals surface area contributed by atoms with Crippen LogP contribution in [-0.4, -0.2) is 15.0 Å². The Labute approximate surface area is 131 Å². The number of halogens is 1. The number of nitriles is 1. The van der Waals surface area contributed by atoms with Crippen LogP contribution >= 0.6 is 11.6 Å². The van der Waals surface area contributed by atoms with Gasteiger partial charge in [0.1, 0.15) is 11.3 Å². The number of hydrogen-bond donors (Lipinski definition) is 1. The van der Waals surface area contributed by atoms with Crippen LogP contribution in [0.25, 0.3) is 33.3 Å². The normalized spacial score (nSPS) is 10.9. The zero-order valence-corrected chi connectivity index (χ0v) is 12.1. The maximum atomic E-state index is 8.86. The van der Waals surface area contributed by atoms with Gasteiger partial charge in [0.2, 0.25) is 0 Å². The van der Waals surface area contributed by atoms with E-state index in [4.69, 9.17) is 16.9 Å². The molecule has 0 saturated heterocycles. The van der Waals surface area contributed by atoms with E-state index in [-0.39, 0.29) is 0 Å². The molecule has 0 fully saturated rings. The number of H-pyrrole nitrogens is 1. The molecule has 22 heavy (non-hydrogen) atoms. The van der Waals surface area contributed by atoms with E-state index >= 15 is 0 Å². The van der Waals surface area contributed by atoms with E-state index in [1.54, 1.807) is 18.3 Å². The third-order valence-corrected chi connectivity index (χ3v) is 3.93. The van der Waals surface area contributed by atoms with Crippen LogP contribution in [0.2, 0.25) is 5.02 Å². The van der Waals surface area contributed by atoms with Crippen molar-refractivity contribution in [3.8, 4) is 17.5 Å². The van der Waals surface area contributed by atoms with Gasteiger partial charge >= 0.3 is 0 Å². The molecule has 5 heteroatoms. The van der Waals surface area contributed by atoms with E-state index in [9.17, 15) is 0 Å². The van der Waals surface area contributed by atoms with Crippen LogP contribution in [0.3, 0.4) is 0 Å². The van der Waals surface area contributed by atoms with Gasteiger partial charge in [0, 0.05) is 17.1 Å². The Kier molecular flexibility index (Phi) is 2.81. The third kappa shape index (κ3) is 1.92. The quantitative estimate of drug-likeness (QED) is 0.570. The van der Waals surface area contributed by atoms with Crippen molar-refractivity contribution < 1.29 is 0 Å². The SMILES string of the molecule is N#Cc1ccc(-c2nc3c(Cl)c4ncccc4cc3[nH]2)cc1. The van der Waals surface area contributed by atoms with E-state index in [1.165, 1.54) is 0 Å². The fourth-order valence-corrected chi connectivity index (χ4v) is 2.79. The number of nitrogens with one attached hydrogen (secondary N) is 1. The molecule has 0 aliphatic heterocycles. The van der Waals surface area contributed by atoms with Crippen LogP contribution < -0.4 is 0 Å². The lowest BCUT2D eigenvalue weighted by Crippen LogP contribution is -1.81. The van der Waals surface area contributed by atoms with Crippen molar-refractivity contribution >= 4 is 33.5 Å². The minimum absolute atomic E-state index is 0.546. The Morgan fingerprint density at radius 3 is 2.68 bits per heavy atom. The summed E-state index contributed by atoms with van der Waals surface area (Å²) in [5.74, 6) is 0.719. The Hall–Kier alpha value is -2.90. The van der Waals surface area contributed by atoms with Crippen molar-refractivity contribution in [3.05, 3.63) is 59.2 Å². The molecule has 0 unspecified atom stereocenters. The van der Waals surface area contributed by atoms with Gasteiger partial charge in [0.05, 0.1) is 27.7 Å². The molecule has 0 spiro atoms. The largest absolute Gasteiger partial charge is 0.338 e. The molecule has 4 rings (SSSR count). The summed E-state index contributed by atoms with van der Waals surface area (Å²) in [6.45, 7) is 0. The lowest BCUT2D eigenvalue weighted by molar-refractivity contribution is 1.33. The Morgan fingerprint density at radius 1 is 1.09 bits per heavy atom. The first kappa shape index (κ1) is 12.8. The van der Waals surface area contributed by atoms with Crippen molar-refractivity contribution in [2.75, 3.05) is 0 Å². The molecule has 1 N–H and O–H groups in total. The molecule has 4 aromatic rings. The Bertz CT molecular complexity index is 1040. The topological polar surface area (TPSA) is 65.4 Å². The summed E-state index contributed by atoms with van der Waals surface area (Å²) < 4.78 is 0. The van der Waals surface area contributed by atoms with Crippen molar-refractivity contribution in [3.63, 3.8) is 0 Å². The number of fused-ring (bicyclic) bond motifs is 2. The molecule has 2 heterocycles. The number of rotatable bonds is 1. The summed E-state index contributed by atoms with van der Waals surface area (Å²) >= 11 is 6.43. The predicted molar refractivity (Wildman–Crippen MR) is 86.6 cm³/mol. The minimum atomic E-state index is 0.546. The average Bonchev–Trinajstić information content (AvgIpc) is 2.99. The van der Waals surface area contributed by atoms with Gasteiger partial charge in [-0.1, -0.05) is 17.7 Å². The van der Waals surface area contributed by atoms with Gasteiger partial charge in [-0.3, -0.25) is 4.98 Å². The average molecular weight is 305 g/mol. The second-order valence-electron chi connectivity index (χ2n) is 4.94. The molecule has 0 amide bonds. The Morgan fingerprint density at radius 2 is 1.91 bits per heavy atom. The molecule has 2 aromatic carbocycles. The molecule has 0 aliphatic carbocycles. The number of imidazole rings is 1. The number of benzene rings is 2. The summed E-state index contributed by atoms with van der Waals surface area (Å²) in [7, 11) is 0. The fraction of sp³-hybridized carbons (Fsp3) is 0. The highest BCUT2D eigenvalue weighted by Gasteiger charge is 2.12. The molecular formula is C17H9ClN4. The van der Waals surface area contributed by atoms with Crippen LogP contribution in [0.1, 0.15) is 5.56 Å². The van der Waals surface area contributed by atoms with Crippen molar-refractivity contribution in [1.29, 1.82) is 5.26 Å². The highest BCUT2D eigenvalue weighted by molar-refractivity contribution is 6.39. The first-order valence-electron chi connectivity index (χ1n) is 6.70. The number of aromatic amines is 1. The monoisotopic (exact) mass is 304 g/mol. The smallest absolute Gasteiger partial charge is 0.138 e. The summed E-state index contributed by atoms with van der Waals surface area (Å²) in [5.41, 5.74) is 3.84. The molecule has 2 aromatic heterocycles. The van der Waals surface area contributed by atoms with Crippen LogP contribution in [-0.2, 0) is 0 Å². The summed E-state index contributed by atoms with van der Waals surface area (Å²) in [6.07, 6.45) is 1.72. The molecule has 0 saturated carbocycles. The molecule has 4 nitrogen and oxygen atoms in total. The fourth-order valence-electron chi connectivity index (χ4n) is 2.48. The van der Waals surface area contributed by atoms with Crippen LogP contribution in [0, 0.1) is 11.3 Å². The molecule has 104 valence electrons. The molecule has 0 bridgehead atoms. The van der Waals surface area contributed by atoms with Gasteiger partial charge in [0.25, 0.3) is 0 Å². The number of nitrogens with zero attached hydrogens (tertiary/aromatic N) is 3. The summed E-state index contributed by atoms with van der Waals surface area (Å²) in [5, 5.41) is 10.4. The molecule has 0 radical (unpaired) electrons. The first-order valence-corrected chi connectivity index (χ1v) is 7.07. The van der Waals surface area contributed by atoms with E-state index in [1.807, 2.05) is 30.3 Å². The molecule has 0 aliphatic rings. The van der Waals surface area contributed by atoms with Gasteiger partial charge in [0.15, 0.2) is 0 Å². The van der Waals surface area contributed by atoms with E-state index in [2.05, 4.69) is 21.0 Å². The highest BCUT2D eigenvalue weighted by atomic mass is 35.5. The zero-order valence-electron chi connectivity index (χ0n) is 11.3. The molecular weight excluding hydrogens is 296 g/mol. The number of aromatic nitrogens is 3. The third-order valence-electron chi connectivity index (χ3n) is 3.57. The van der Waals surface area contributed by atoms with Crippen LogP contribution in [0.15, 0.2) is 48.7 Å². The number of hydrogen-bond acceptors (Lipinski definition) is 3. The predicted octanol–water partition coefficient (Wildman–Crippen LogP) is 4.30. The van der Waals surface area contributed by atoms with Gasteiger partial charge in [-0.2, -0.15) is 5.26 Å². The van der Waals surface area contributed by atoms with Gasteiger partial charge in [-0.05, 0) is 36.4 Å². The van der Waals surface area contributed by atoms with Gasteiger partial charge in [-0.25, -0.2) is 4.98 Å². The maximum Gasteiger partial charge on any atom is 0.138 e. The summed E-state index contributed by atoms with van der Waals surface area (Å²) in [4.78, 5) is 12.2.